The molecule has 0 aromatic heterocycles. The van der Waals surface area contributed by atoms with Gasteiger partial charge in [0.2, 0.25) is 0 Å². The molecule has 0 aliphatic carbocycles. The maximum absolute atomic E-state index is 11.2. The normalized spacial score (nSPS) is 15.8. The summed E-state index contributed by atoms with van der Waals surface area (Å²) in [6.07, 6.45) is 0.0417. The van der Waals surface area contributed by atoms with Crippen molar-refractivity contribution in [3.05, 3.63) is 0 Å². The molecule has 0 aromatic carbocycles. The lowest BCUT2D eigenvalue weighted by atomic mass is 10.3. The number of hydrogen-bond acceptors (Lipinski definition) is 2. The Balaban J connectivity index is 3.87. The molecule has 0 saturated carbocycles. The second-order valence-corrected chi connectivity index (χ2v) is 5.38. The molecule has 1 atom stereocenters. The van der Waals surface area contributed by atoms with Crippen molar-refractivity contribution in [2.45, 2.75) is 45.5 Å². The van der Waals surface area contributed by atoms with Crippen molar-refractivity contribution in [1.29, 1.82) is 0 Å². The molecular formula is C7H16O2S. The quantitative estimate of drug-likeness (QED) is 0.623. The fraction of sp³-hybridized carbons (Fsp3) is 1.00. The summed E-state index contributed by atoms with van der Waals surface area (Å²) in [5.41, 5.74) is 0. The zero-order valence-corrected chi connectivity index (χ0v) is 8.12. The second kappa shape index (κ2) is 3.49. The van der Waals surface area contributed by atoms with Gasteiger partial charge in [0.1, 0.15) is 0 Å². The van der Waals surface area contributed by atoms with Gasteiger partial charge in [0.25, 0.3) is 0 Å². The van der Waals surface area contributed by atoms with Crippen LogP contribution in [0.25, 0.3) is 0 Å². The summed E-state index contributed by atoms with van der Waals surface area (Å²) < 4.78 is 16.0. The monoisotopic (exact) mass is 164 g/mol. The van der Waals surface area contributed by atoms with Crippen LogP contribution in [0.5, 0.6) is 0 Å². The summed E-state index contributed by atoms with van der Waals surface area (Å²) in [5, 5.41) is 0. The molecule has 0 fully saturated rings. The fourth-order valence-electron chi connectivity index (χ4n) is 0.319. The van der Waals surface area contributed by atoms with Gasteiger partial charge in [-0.25, -0.2) is 4.21 Å². The molecule has 0 aliphatic rings. The molecule has 0 aromatic rings. The molecule has 0 spiro atoms. The van der Waals surface area contributed by atoms with Crippen molar-refractivity contribution < 1.29 is 8.39 Å². The third kappa shape index (κ3) is 4.01. The summed E-state index contributed by atoms with van der Waals surface area (Å²) in [7, 11) is 0. The highest BCUT2D eigenvalue weighted by Gasteiger charge is 2.21. The molecule has 0 amide bonds. The van der Waals surface area contributed by atoms with Gasteiger partial charge < -0.3 is 0 Å². The van der Waals surface area contributed by atoms with E-state index in [1.807, 2.05) is 34.6 Å². The molecular weight excluding hydrogens is 148 g/mol. The lowest BCUT2D eigenvalue weighted by Crippen LogP contribution is -2.25. The summed E-state index contributed by atoms with van der Waals surface area (Å²) in [6.45, 7) is 9.44. The van der Waals surface area contributed by atoms with Gasteiger partial charge in [-0.05, 0) is 34.6 Å². The number of hydrogen-bond donors (Lipinski definition) is 0. The van der Waals surface area contributed by atoms with Gasteiger partial charge in [-0.3, -0.25) is 4.18 Å². The van der Waals surface area contributed by atoms with Crippen LogP contribution in [0, 0.1) is 0 Å². The lowest BCUT2D eigenvalue weighted by molar-refractivity contribution is 0.262. The van der Waals surface area contributed by atoms with Crippen molar-refractivity contribution >= 4 is 11.1 Å². The van der Waals surface area contributed by atoms with E-state index in [1.165, 1.54) is 0 Å². The Morgan fingerprint density at radius 3 is 1.80 bits per heavy atom. The molecule has 10 heavy (non-hydrogen) atoms. The molecule has 0 aliphatic heterocycles. The van der Waals surface area contributed by atoms with Gasteiger partial charge in [-0.2, -0.15) is 0 Å². The first-order valence-corrected chi connectivity index (χ1v) is 4.50. The number of rotatable bonds is 2. The maximum atomic E-state index is 11.2. The standard InChI is InChI=1S/C7H16O2S/c1-6(2)9-10(8)7(3,4)5/h6H,1-5H3/t10-/m0/s1. The van der Waals surface area contributed by atoms with Gasteiger partial charge in [0, 0.05) is 0 Å². The van der Waals surface area contributed by atoms with Gasteiger partial charge in [-0.15, -0.1) is 0 Å². The van der Waals surface area contributed by atoms with Gasteiger partial charge >= 0.3 is 0 Å². The van der Waals surface area contributed by atoms with Crippen LogP contribution in [-0.2, 0) is 15.3 Å². The van der Waals surface area contributed by atoms with E-state index in [1.54, 1.807) is 0 Å². The average Bonchev–Trinajstić information content (AvgIpc) is 1.60. The summed E-state index contributed by atoms with van der Waals surface area (Å²) in [4.78, 5) is 0. The Kier molecular flexibility index (Phi) is 3.52. The molecule has 0 radical (unpaired) electrons. The van der Waals surface area contributed by atoms with E-state index in [9.17, 15) is 4.21 Å². The van der Waals surface area contributed by atoms with Crippen LogP contribution in [0.15, 0.2) is 0 Å². The van der Waals surface area contributed by atoms with Crippen molar-refractivity contribution in [2.75, 3.05) is 0 Å². The lowest BCUT2D eigenvalue weighted by Gasteiger charge is -2.18. The Bertz CT molecular complexity index is 124. The summed E-state index contributed by atoms with van der Waals surface area (Å²) >= 11 is -1.17. The largest absolute Gasteiger partial charge is 0.287 e. The molecule has 0 saturated heterocycles. The Hall–Kier alpha value is 0.110. The molecule has 2 nitrogen and oxygen atoms in total. The van der Waals surface area contributed by atoms with Crippen molar-refractivity contribution in [2.24, 2.45) is 0 Å². The Morgan fingerprint density at radius 2 is 1.70 bits per heavy atom. The van der Waals surface area contributed by atoms with Crippen LogP contribution >= 0.6 is 0 Å². The molecule has 3 heteroatoms. The predicted octanol–water partition coefficient (Wildman–Crippen LogP) is 1.87. The minimum atomic E-state index is -1.17. The van der Waals surface area contributed by atoms with Gasteiger partial charge in [0.05, 0.1) is 10.9 Å². The van der Waals surface area contributed by atoms with Gasteiger partial charge in [0.15, 0.2) is 11.1 Å². The van der Waals surface area contributed by atoms with Crippen LogP contribution in [0.3, 0.4) is 0 Å². The molecule has 62 valence electrons. The first-order valence-electron chi connectivity index (χ1n) is 3.43. The van der Waals surface area contributed by atoms with E-state index in [0.717, 1.165) is 0 Å². The van der Waals surface area contributed by atoms with E-state index in [2.05, 4.69) is 0 Å². The Labute approximate surface area is 65.6 Å². The van der Waals surface area contributed by atoms with Crippen LogP contribution in [0.2, 0.25) is 0 Å². The van der Waals surface area contributed by atoms with E-state index in [0.29, 0.717) is 0 Å². The maximum Gasteiger partial charge on any atom is 0.161 e. The highest BCUT2D eigenvalue weighted by atomic mass is 32.2. The van der Waals surface area contributed by atoms with E-state index in [-0.39, 0.29) is 10.9 Å². The molecule has 0 rings (SSSR count). The summed E-state index contributed by atoms with van der Waals surface area (Å²) in [6, 6.07) is 0. The molecule has 0 heterocycles. The van der Waals surface area contributed by atoms with Gasteiger partial charge in [-0.1, -0.05) is 0 Å². The molecule has 0 N–H and O–H groups in total. The highest BCUT2D eigenvalue weighted by molar-refractivity contribution is 7.81. The molecule has 0 unspecified atom stereocenters. The topological polar surface area (TPSA) is 26.3 Å². The second-order valence-electron chi connectivity index (χ2n) is 3.49. The SMILES string of the molecule is CC(C)O[S@](=O)C(C)(C)C. The van der Waals surface area contributed by atoms with Crippen LogP contribution in [-0.4, -0.2) is 15.1 Å². The first kappa shape index (κ1) is 10.1. The van der Waals surface area contributed by atoms with Crippen molar-refractivity contribution in [1.82, 2.24) is 0 Å². The smallest absolute Gasteiger partial charge is 0.161 e. The first-order chi connectivity index (χ1) is 4.34. The minimum Gasteiger partial charge on any atom is -0.287 e. The van der Waals surface area contributed by atoms with Crippen molar-refractivity contribution in [3.8, 4) is 0 Å². The van der Waals surface area contributed by atoms with E-state index >= 15 is 0 Å². The zero-order valence-electron chi connectivity index (χ0n) is 7.30. The van der Waals surface area contributed by atoms with Crippen molar-refractivity contribution in [3.63, 3.8) is 0 Å². The van der Waals surface area contributed by atoms with Crippen LogP contribution in [0.4, 0.5) is 0 Å². The minimum absolute atomic E-state index is 0.0417. The zero-order chi connectivity index (χ0) is 8.36. The van der Waals surface area contributed by atoms with E-state index < -0.39 is 11.1 Å². The average molecular weight is 164 g/mol. The fourth-order valence-corrected chi connectivity index (χ4v) is 0.957. The van der Waals surface area contributed by atoms with E-state index in [4.69, 9.17) is 4.18 Å². The van der Waals surface area contributed by atoms with Crippen LogP contribution in [0.1, 0.15) is 34.6 Å². The van der Waals surface area contributed by atoms with Crippen LogP contribution < -0.4 is 0 Å². The summed E-state index contributed by atoms with van der Waals surface area (Å²) in [5.74, 6) is 0. The third-order valence-electron chi connectivity index (χ3n) is 0.780. The predicted molar refractivity (Wildman–Crippen MR) is 44.1 cm³/mol. The Morgan fingerprint density at radius 1 is 1.30 bits per heavy atom. The third-order valence-corrected chi connectivity index (χ3v) is 2.34. The molecule has 0 bridgehead atoms. The highest BCUT2D eigenvalue weighted by Crippen LogP contribution is 2.13.